The Balaban J connectivity index is 0. The summed E-state index contributed by atoms with van der Waals surface area (Å²) in [7, 11) is 4.01. The number of carboxylic acid groups (broad SMARTS) is 1. The van der Waals surface area contributed by atoms with Crippen LogP contribution in [0.4, 0.5) is 0 Å². The first-order valence-corrected chi connectivity index (χ1v) is 10.0. The molecule has 0 spiro atoms. The summed E-state index contributed by atoms with van der Waals surface area (Å²) >= 11 is 0. The van der Waals surface area contributed by atoms with Crippen LogP contribution in [0.25, 0.3) is 0 Å². The van der Waals surface area contributed by atoms with Crippen LogP contribution in [0.3, 0.4) is 0 Å². The number of rotatable bonds is 14. The molecule has 0 aliphatic rings. The predicted octanol–water partition coefficient (Wildman–Crippen LogP) is 3.47. The fraction of sp³-hybridized carbons (Fsp3) is 0.900. The molecule has 0 fully saturated rings. The lowest BCUT2D eigenvalue weighted by molar-refractivity contribution is -0.305. The summed E-state index contributed by atoms with van der Waals surface area (Å²) in [5.74, 6) is -0.793. The van der Waals surface area contributed by atoms with E-state index >= 15 is 0 Å². The molecule has 1 N–H and O–H groups in total. The lowest BCUT2D eigenvalue weighted by atomic mass is 10.1. The summed E-state index contributed by atoms with van der Waals surface area (Å²) in [4.78, 5) is 23.1. The molecule has 0 saturated carbocycles. The zero-order chi connectivity index (χ0) is 19.5. The second-order valence-electron chi connectivity index (χ2n) is 6.76. The molecule has 1 unspecified atom stereocenters. The third-order valence-electron chi connectivity index (χ3n) is 4.13. The van der Waals surface area contributed by atoms with Crippen LogP contribution in [0.5, 0.6) is 0 Å². The van der Waals surface area contributed by atoms with Gasteiger partial charge in [-0.1, -0.05) is 72.1 Å². The van der Waals surface area contributed by atoms with Crippen molar-refractivity contribution in [2.45, 2.75) is 104 Å². The number of aliphatic carboxylic acids is 1. The van der Waals surface area contributed by atoms with Crippen molar-refractivity contribution >= 4 is 11.9 Å². The minimum Gasteiger partial charge on any atom is -0.550 e. The van der Waals surface area contributed by atoms with Crippen LogP contribution in [0.1, 0.15) is 97.8 Å². The van der Waals surface area contributed by atoms with Gasteiger partial charge in [-0.25, -0.2) is 0 Å². The van der Waals surface area contributed by atoms with Crippen LogP contribution in [-0.4, -0.2) is 37.0 Å². The van der Waals surface area contributed by atoms with Gasteiger partial charge in [0.1, 0.15) is 0 Å². The first kappa shape index (κ1) is 26.1. The summed E-state index contributed by atoms with van der Waals surface area (Å²) in [6, 6.07) is 0. The molecule has 0 rings (SSSR count). The third-order valence-corrected chi connectivity index (χ3v) is 4.13. The molecule has 5 heteroatoms. The molecule has 150 valence electrons. The minimum absolute atomic E-state index is 0.111. The third kappa shape index (κ3) is 20.9. The number of carboxylic acids is 1. The number of unbranched alkanes of at least 4 members (excludes halogenated alkanes) is 8. The van der Waals surface area contributed by atoms with Gasteiger partial charge in [-0.3, -0.25) is 9.69 Å². The first-order chi connectivity index (χ1) is 11.9. The Bertz CT molecular complexity index is 320. The van der Waals surface area contributed by atoms with Gasteiger partial charge in [0.15, 0.2) is 0 Å². The first-order valence-electron chi connectivity index (χ1n) is 10.0. The lowest BCUT2D eigenvalue weighted by Crippen LogP contribution is -2.44. The Hall–Kier alpha value is -1.10. The van der Waals surface area contributed by atoms with Crippen molar-refractivity contribution in [3.05, 3.63) is 0 Å². The monoisotopic (exact) mass is 357 g/mol. The Labute approximate surface area is 155 Å². The molecular formula is C20H41N2O3-. The van der Waals surface area contributed by atoms with Gasteiger partial charge in [0.25, 0.3) is 0 Å². The predicted molar refractivity (Wildman–Crippen MR) is 103 cm³/mol. The van der Waals surface area contributed by atoms with Crippen LogP contribution in [0.15, 0.2) is 0 Å². The number of nitrogens with one attached hydrogen (secondary N) is 1. The number of hydrogen-bond donors (Lipinski definition) is 1. The van der Waals surface area contributed by atoms with Gasteiger partial charge in [0, 0.05) is 12.4 Å². The Morgan fingerprint density at radius 1 is 0.880 bits per heavy atom. The number of amides is 1. The van der Waals surface area contributed by atoms with E-state index in [2.05, 4.69) is 24.1 Å². The molecule has 0 heterocycles. The number of nitrogens with zero attached hydrogens (tertiary/aromatic N) is 1. The quantitative estimate of drug-likeness (QED) is 0.382. The lowest BCUT2D eigenvalue weighted by Gasteiger charge is -2.23. The molecule has 0 aliphatic heterocycles. The van der Waals surface area contributed by atoms with Crippen LogP contribution >= 0.6 is 0 Å². The van der Waals surface area contributed by atoms with E-state index in [4.69, 9.17) is 0 Å². The van der Waals surface area contributed by atoms with Crippen molar-refractivity contribution in [2.24, 2.45) is 0 Å². The summed E-state index contributed by atoms with van der Waals surface area (Å²) in [6.07, 6.45) is 13.6. The van der Waals surface area contributed by atoms with Crippen LogP contribution in [0, 0.1) is 0 Å². The SMILES string of the molecule is CCC(=O)[O-].CCCCCCCCCCCC(=O)NC(CC)N(C)C. The molecule has 0 aromatic rings. The van der Waals surface area contributed by atoms with Crippen molar-refractivity contribution in [1.29, 1.82) is 0 Å². The zero-order valence-electron chi connectivity index (χ0n) is 17.2. The van der Waals surface area contributed by atoms with Crippen LogP contribution in [-0.2, 0) is 9.59 Å². The van der Waals surface area contributed by atoms with Gasteiger partial charge in [0.2, 0.25) is 5.91 Å². The molecule has 0 aromatic carbocycles. The van der Waals surface area contributed by atoms with Crippen LogP contribution < -0.4 is 10.4 Å². The molecule has 0 aromatic heterocycles. The smallest absolute Gasteiger partial charge is 0.221 e. The molecule has 0 saturated heterocycles. The average molecular weight is 358 g/mol. The Morgan fingerprint density at radius 2 is 1.32 bits per heavy atom. The number of hydrogen-bond acceptors (Lipinski definition) is 4. The summed E-state index contributed by atoms with van der Waals surface area (Å²) < 4.78 is 0. The molecule has 1 atom stereocenters. The van der Waals surface area contributed by atoms with E-state index in [0.29, 0.717) is 6.42 Å². The Kier molecular flexibility index (Phi) is 20.1. The van der Waals surface area contributed by atoms with Crippen molar-refractivity contribution in [2.75, 3.05) is 14.1 Å². The topological polar surface area (TPSA) is 72.5 Å². The van der Waals surface area contributed by atoms with E-state index < -0.39 is 5.97 Å². The van der Waals surface area contributed by atoms with Gasteiger partial charge >= 0.3 is 0 Å². The highest BCUT2D eigenvalue weighted by atomic mass is 16.4. The van der Waals surface area contributed by atoms with Crippen molar-refractivity contribution in [3.8, 4) is 0 Å². The van der Waals surface area contributed by atoms with E-state index in [1.807, 2.05) is 14.1 Å². The zero-order valence-corrected chi connectivity index (χ0v) is 17.2. The normalized spacial score (nSPS) is 11.6. The van der Waals surface area contributed by atoms with Gasteiger partial charge in [0.05, 0.1) is 6.17 Å². The van der Waals surface area contributed by atoms with Gasteiger partial charge in [-0.2, -0.15) is 0 Å². The highest BCUT2D eigenvalue weighted by molar-refractivity contribution is 5.76. The highest BCUT2D eigenvalue weighted by Gasteiger charge is 2.11. The van der Waals surface area contributed by atoms with Crippen molar-refractivity contribution in [1.82, 2.24) is 10.2 Å². The van der Waals surface area contributed by atoms with E-state index in [-0.39, 0.29) is 18.5 Å². The molecule has 1 amide bonds. The molecule has 0 bridgehead atoms. The van der Waals surface area contributed by atoms with Gasteiger partial charge in [-0.15, -0.1) is 0 Å². The van der Waals surface area contributed by atoms with E-state index in [9.17, 15) is 14.7 Å². The maximum Gasteiger partial charge on any atom is 0.221 e. The van der Waals surface area contributed by atoms with Crippen molar-refractivity contribution < 1.29 is 14.7 Å². The molecule has 5 nitrogen and oxygen atoms in total. The molecule has 25 heavy (non-hydrogen) atoms. The summed E-state index contributed by atoms with van der Waals surface area (Å²) in [5.41, 5.74) is 0. The second kappa shape index (κ2) is 19.2. The summed E-state index contributed by atoms with van der Waals surface area (Å²) in [5, 5.41) is 12.3. The molecule has 0 radical (unpaired) electrons. The van der Waals surface area contributed by atoms with E-state index in [0.717, 1.165) is 12.8 Å². The standard InChI is InChI=1S/C17H36N2O.C3H6O2/c1-5-7-8-9-10-11-12-13-14-15-17(20)18-16(6-2)19(3)4;1-2-3(4)5/h16H,5-15H2,1-4H3,(H,18,20);2H2,1H3,(H,4,5)/p-1. The van der Waals surface area contributed by atoms with E-state index in [1.165, 1.54) is 58.3 Å². The second-order valence-corrected chi connectivity index (χ2v) is 6.76. The Morgan fingerprint density at radius 3 is 1.68 bits per heavy atom. The summed E-state index contributed by atoms with van der Waals surface area (Å²) in [6.45, 7) is 5.89. The fourth-order valence-electron chi connectivity index (χ4n) is 2.45. The van der Waals surface area contributed by atoms with Crippen LogP contribution in [0.2, 0.25) is 0 Å². The maximum absolute atomic E-state index is 11.8. The maximum atomic E-state index is 11.8. The minimum atomic E-state index is -0.995. The highest BCUT2D eigenvalue weighted by Crippen LogP contribution is 2.10. The largest absolute Gasteiger partial charge is 0.550 e. The van der Waals surface area contributed by atoms with Gasteiger partial charge in [-0.05, 0) is 33.4 Å². The fourth-order valence-corrected chi connectivity index (χ4v) is 2.45. The number of carbonyl (C=O) groups is 2. The molecular weight excluding hydrogens is 316 g/mol. The van der Waals surface area contributed by atoms with Crippen molar-refractivity contribution in [3.63, 3.8) is 0 Å². The molecule has 0 aliphatic carbocycles. The van der Waals surface area contributed by atoms with Gasteiger partial charge < -0.3 is 15.2 Å². The average Bonchev–Trinajstić information content (AvgIpc) is 2.58. The van der Waals surface area contributed by atoms with E-state index in [1.54, 1.807) is 0 Å². The number of carbonyl (C=O) groups excluding carboxylic acids is 2.